The number of nitrogens with one attached hydrogen (secondary N) is 1. The molecule has 1 N–H and O–H groups in total. The summed E-state index contributed by atoms with van der Waals surface area (Å²) in [5.74, 6) is 0.840. The van der Waals surface area contributed by atoms with Crippen LogP contribution in [-0.2, 0) is 9.31 Å². The first-order valence-electron chi connectivity index (χ1n) is 7.41. The quantitative estimate of drug-likeness (QED) is 0.781. The number of hydrogen-bond acceptors (Lipinski definition) is 3. The molecule has 104 valence electrons. The van der Waals surface area contributed by atoms with Gasteiger partial charge in [0.1, 0.15) is 0 Å². The standard InChI is InChI=1S/C14H28BNO2/c1-11-12(8-10-16-11)7-6-9-15-17-13(2,3)14(4,5)18-15/h11-12,16H,6-10H2,1-5H3. The molecule has 2 fully saturated rings. The third kappa shape index (κ3) is 2.92. The van der Waals surface area contributed by atoms with Gasteiger partial charge in [-0.1, -0.05) is 6.42 Å². The summed E-state index contributed by atoms with van der Waals surface area (Å²) in [7, 11) is -0.0142. The van der Waals surface area contributed by atoms with Crippen LogP contribution in [0.15, 0.2) is 0 Å². The van der Waals surface area contributed by atoms with E-state index in [4.69, 9.17) is 9.31 Å². The molecule has 0 saturated carbocycles. The van der Waals surface area contributed by atoms with E-state index >= 15 is 0 Å². The summed E-state index contributed by atoms with van der Waals surface area (Å²) in [5, 5.41) is 3.51. The van der Waals surface area contributed by atoms with E-state index in [0.717, 1.165) is 12.2 Å². The van der Waals surface area contributed by atoms with E-state index in [1.54, 1.807) is 0 Å². The molecule has 2 aliphatic heterocycles. The number of rotatable bonds is 4. The Kier molecular flexibility index (Phi) is 4.10. The Morgan fingerprint density at radius 2 is 1.78 bits per heavy atom. The van der Waals surface area contributed by atoms with Crippen molar-refractivity contribution in [2.24, 2.45) is 5.92 Å². The Labute approximate surface area is 112 Å². The Bertz CT molecular complexity index is 278. The Balaban J connectivity index is 1.72. The van der Waals surface area contributed by atoms with E-state index in [1.165, 1.54) is 25.8 Å². The van der Waals surface area contributed by atoms with Gasteiger partial charge in [0.05, 0.1) is 11.2 Å². The average Bonchev–Trinajstić information content (AvgIpc) is 2.70. The summed E-state index contributed by atoms with van der Waals surface area (Å²) < 4.78 is 12.0. The smallest absolute Gasteiger partial charge is 0.403 e. The van der Waals surface area contributed by atoms with Gasteiger partial charge >= 0.3 is 7.12 Å². The van der Waals surface area contributed by atoms with Gasteiger partial charge in [-0.2, -0.15) is 0 Å². The van der Waals surface area contributed by atoms with Gasteiger partial charge in [0.15, 0.2) is 0 Å². The van der Waals surface area contributed by atoms with Crippen molar-refractivity contribution in [3.63, 3.8) is 0 Å². The summed E-state index contributed by atoms with van der Waals surface area (Å²) in [6.07, 6.45) is 4.84. The summed E-state index contributed by atoms with van der Waals surface area (Å²) in [5.41, 5.74) is -0.361. The molecular weight excluding hydrogens is 225 g/mol. The van der Waals surface area contributed by atoms with E-state index in [2.05, 4.69) is 39.9 Å². The summed E-state index contributed by atoms with van der Waals surface area (Å²) >= 11 is 0. The fraction of sp³-hybridized carbons (Fsp3) is 1.00. The van der Waals surface area contributed by atoms with Crippen molar-refractivity contribution in [3.8, 4) is 0 Å². The monoisotopic (exact) mass is 253 g/mol. The Morgan fingerprint density at radius 1 is 1.17 bits per heavy atom. The van der Waals surface area contributed by atoms with Gasteiger partial charge < -0.3 is 14.6 Å². The van der Waals surface area contributed by atoms with Crippen molar-refractivity contribution in [2.45, 2.75) is 77.4 Å². The molecule has 2 atom stereocenters. The molecule has 0 aromatic carbocycles. The second-order valence-corrected chi connectivity index (χ2v) is 6.91. The fourth-order valence-electron chi connectivity index (χ4n) is 2.94. The van der Waals surface area contributed by atoms with Crippen molar-refractivity contribution < 1.29 is 9.31 Å². The number of hydrogen-bond donors (Lipinski definition) is 1. The van der Waals surface area contributed by atoms with Gasteiger partial charge in [-0.15, -0.1) is 0 Å². The van der Waals surface area contributed by atoms with E-state index in [0.29, 0.717) is 6.04 Å². The predicted octanol–water partition coefficient (Wildman–Crippen LogP) is 2.86. The zero-order chi connectivity index (χ0) is 13.4. The summed E-state index contributed by atoms with van der Waals surface area (Å²) in [4.78, 5) is 0. The lowest BCUT2D eigenvalue weighted by Gasteiger charge is -2.32. The van der Waals surface area contributed by atoms with Crippen molar-refractivity contribution in [1.29, 1.82) is 0 Å². The molecule has 0 aromatic rings. The molecule has 0 aromatic heterocycles. The first-order chi connectivity index (χ1) is 8.32. The van der Waals surface area contributed by atoms with Crippen LogP contribution < -0.4 is 5.32 Å². The predicted molar refractivity (Wildman–Crippen MR) is 75.7 cm³/mol. The van der Waals surface area contributed by atoms with Crippen molar-refractivity contribution in [1.82, 2.24) is 5.32 Å². The first-order valence-corrected chi connectivity index (χ1v) is 7.41. The maximum atomic E-state index is 6.02. The van der Waals surface area contributed by atoms with E-state index < -0.39 is 0 Å². The Morgan fingerprint density at radius 3 is 2.28 bits per heavy atom. The first kappa shape index (κ1) is 14.4. The molecule has 0 spiro atoms. The van der Waals surface area contributed by atoms with Crippen LogP contribution in [-0.4, -0.2) is 30.9 Å². The van der Waals surface area contributed by atoms with Crippen molar-refractivity contribution in [3.05, 3.63) is 0 Å². The second-order valence-electron chi connectivity index (χ2n) is 6.91. The van der Waals surface area contributed by atoms with Crippen LogP contribution in [0.5, 0.6) is 0 Å². The molecule has 3 nitrogen and oxygen atoms in total. The van der Waals surface area contributed by atoms with Crippen LogP contribution in [0, 0.1) is 5.92 Å². The van der Waals surface area contributed by atoms with Crippen LogP contribution in [0.4, 0.5) is 0 Å². The third-order valence-corrected chi connectivity index (χ3v) is 5.01. The zero-order valence-corrected chi connectivity index (χ0v) is 12.6. The minimum Gasteiger partial charge on any atom is -0.403 e. The molecular formula is C14H28BNO2. The summed E-state index contributed by atoms with van der Waals surface area (Å²) in [6.45, 7) is 12.0. The highest BCUT2D eigenvalue weighted by Gasteiger charge is 2.50. The lowest BCUT2D eigenvalue weighted by molar-refractivity contribution is 0.00578. The molecule has 2 rings (SSSR count). The van der Waals surface area contributed by atoms with E-state index in [1.807, 2.05) is 0 Å². The van der Waals surface area contributed by atoms with Gasteiger partial charge in [0.2, 0.25) is 0 Å². The molecule has 2 heterocycles. The normalized spacial score (nSPS) is 34.2. The van der Waals surface area contributed by atoms with E-state index in [9.17, 15) is 0 Å². The minimum atomic E-state index is -0.181. The SMILES string of the molecule is CC1NCCC1CCCB1OC(C)(C)C(C)(C)O1. The van der Waals surface area contributed by atoms with Crippen LogP contribution >= 0.6 is 0 Å². The van der Waals surface area contributed by atoms with Gasteiger partial charge in [0, 0.05) is 6.04 Å². The maximum absolute atomic E-state index is 6.02. The average molecular weight is 253 g/mol. The highest BCUT2D eigenvalue weighted by atomic mass is 16.7. The summed E-state index contributed by atoms with van der Waals surface area (Å²) in [6, 6.07) is 0.684. The molecule has 0 radical (unpaired) electrons. The lowest BCUT2D eigenvalue weighted by atomic mass is 9.80. The molecule has 0 bridgehead atoms. The van der Waals surface area contributed by atoms with Gasteiger partial charge in [-0.25, -0.2) is 0 Å². The van der Waals surface area contributed by atoms with Crippen LogP contribution in [0.1, 0.15) is 53.9 Å². The Hall–Kier alpha value is -0.0551. The van der Waals surface area contributed by atoms with Gasteiger partial charge in [-0.05, 0) is 66.2 Å². The highest BCUT2D eigenvalue weighted by molar-refractivity contribution is 6.45. The van der Waals surface area contributed by atoms with Crippen LogP contribution in [0.2, 0.25) is 6.32 Å². The van der Waals surface area contributed by atoms with E-state index in [-0.39, 0.29) is 18.3 Å². The molecule has 0 aliphatic carbocycles. The third-order valence-electron chi connectivity index (χ3n) is 5.01. The second kappa shape index (κ2) is 5.14. The molecule has 2 unspecified atom stereocenters. The topological polar surface area (TPSA) is 30.5 Å². The molecule has 2 aliphatic rings. The van der Waals surface area contributed by atoms with Gasteiger partial charge in [0.25, 0.3) is 0 Å². The zero-order valence-electron chi connectivity index (χ0n) is 12.6. The molecule has 18 heavy (non-hydrogen) atoms. The minimum absolute atomic E-state index is 0.0142. The molecule has 4 heteroatoms. The molecule has 0 amide bonds. The van der Waals surface area contributed by atoms with Crippen LogP contribution in [0.25, 0.3) is 0 Å². The fourth-order valence-corrected chi connectivity index (χ4v) is 2.94. The van der Waals surface area contributed by atoms with Crippen molar-refractivity contribution >= 4 is 7.12 Å². The lowest BCUT2D eigenvalue weighted by Crippen LogP contribution is -2.41. The molecule has 2 saturated heterocycles. The van der Waals surface area contributed by atoms with Crippen molar-refractivity contribution in [2.75, 3.05) is 6.54 Å². The largest absolute Gasteiger partial charge is 0.457 e. The highest BCUT2D eigenvalue weighted by Crippen LogP contribution is 2.38. The maximum Gasteiger partial charge on any atom is 0.457 e. The van der Waals surface area contributed by atoms with Gasteiger partial charge in [-0.3, -0.25) is 0 Å². The van der Waals surface area contributed by atoms with Crippen LogP contribution in [0.3, 0.4) is 0 Å².